The lowest BCUT2D eigenvalue weighted by atomic mass is 10.2. The fourth-order valence-corrected chi connectivity index (χ4v) is 2.17. The molecule has 1 aromatic heterocycles. The largest absolute Gasteiger partial charge is 0.867 e. The minimum Gasteiger partial charge on any atom is -0.867 e. The van der Waals surface area contributed by atoms with Crippen molar-refractivity contribution in [3.63, 3.8) is 0 Å². The van der Waals surface area contributed by atoms with E-state index in [1.807, 2.05) is 0 Å². The van der Waals surface area contributed by atoms with Gasteiger partial charge in [0.15, 0.2) is 0 Å². The van der Waals surface area contributed by atoms with Crippen LogP contribution in [0.25, 0.3) is 11.0 Å². The molecule has 3 rings (SSSR count). The van der Waals surface area contributed by atoms with E-state index in [0.717, 1.165) is 0 Å². The maximum absolute atomic E-state index is 11.5. The Morgan fingerprint density at radius 3 is 2.33 bits per heavy atom. The van der Waals surface area contributed by atoms with Crippen molar-refractivity contribution in [3.05, 3.63) is 44.8 Å². The van der Waals surface area contributed by atoms with Crippen molar-refractivity contribution >= 4 is 16.7 Å². The molecular weight excluding hydrogens is 276 g/mol. The van der Waals surface area contributed by atoms with Crippen LogP contribution in [0.5, 0.6) is 5.75 Å². The minimum absolute atomic E-state index is 0.0313. The van der Waals surface area contributed by atoms with Crippen molar-refractivity contribution in [2.24, 2.45) is 0 Å². The number of nitro groups is 1. The monoisotopic (exact) mass is 292 g/mol. The van der Waals surface area contributed by atoms with Crippen molar-refractivity contribution in [2.45, 2.75) is 19.3 Å². The second-order valence-corrected chi connectivity index (χ2v) is 4.75. The molecule has 0 atom stereocenters. The maximum Gasteiger partial charge on any atom is 0.414 e. The van der Waals surface area contributed by atoms with Crippen LogP contribution >= 0.6 is 0 Å². The van der Waals surface area contributed by atoms with Crippen LogP contribution in [0.15, 0.2) is 33.5 Å². The van der Waals surface area contributed by atoms with E-state index in [-0.39, 0.29) is 11.0 Å². The van der Waals surface area contributed by atoms with Crippen LogP contribution in [0.2, 0.25) is 0 Å². The molecule has 7 heteroatoms. The van der Waals surface area contributed by atoms with Crippen LogP contribution in [0, 0.1) is 10.1 Å². The van der Waals surface area contributed by atoms with E-state index in [2.05, 4.69) is 9.73 Å². The highest BCUT2D eigenvalue weighted by Crippen LogP contribution is 2.27. The molecule has 0 unspecified atom stereocenters. The van der Waals surface area contributed by atoms with Crippen LogP contribution < -0.4 is 16.0 Å². The molecule has 0 saturated carbocycles. The number of benzene rings is 1. The fraction of sp³-hybridized carbons (Fsp3) is 0.357. The van der Waals surface area contributed by atoms with Crippen molar-refractivity contribution in [3.8, 4) is 5.75 Å². The Bertz CT molecular complexity index is 680. The molecule has 1 aliphatic heterocycles. The highest BCUT2D eigenvalue weighted by atomic mass is 16.6. The lowest BCUT2D eigenvalue weighted by molar-refractivity contribution is -0.662. The summed E-state index contributed by atoms with van der Waals surface area (Å²) in [5.74, 6) is -0.910. The smallest absolute Gasteiger partial charge is 0.414 e. The first-order chi connectivity index (χ1) is 10.1. The summed E-state index contributed by atoms with van der Waals surface area (Å²) in [6.07, 6.45) is 4.36. The van der Waals surface area contributed by atoms with Gasteiger partial charge < -0.3 is 14.8 Å². The Balaban J connectivity index is 0.000000225. The normalized spacial score (nSPS) is 14.3. The Morgan fingerprint density at radius 1 is 1.14 bits per heavy atom. The summed E-state index contributed by atoms with van der Waals surface area (Å²) in [5, 5.41) is 24.3. The Kier molecular flexibility index (Phi) is 4.89. The average molecular weight is 292 g/mol. The van der Waals surface area contributed by atoms with Crippen LogP contribution in [-0.4, -0.2) is 18.0 Å². The summed E-state index contributed by atoms with van der Waals surface area (Å²) >= 11 is 0. The average Bonchev–Trinajstić information content (AvgIpc) is 2.49. The molecule has 1 aliphatic rings. The van der Waals surface area contributed by atoms with Gasteiger partial charge in [0, 0.05) is 5.39 Å². The number of fused-ring (bicyclic) bond motifs is 1. The molecule has 1 saturated heterocycles. The molecule has 2 aromatic rings. The van der Waals surface area contributed by atoms with Crippen LogP contribution in [0.4, 0.5) is 5.69 Å². The molecule has 1 fully saturated rings. The number of quaternary nitrogens is 1. The van der Waals surface area contributed by atoms with E-state index in [9.17, 15) is 20.0 Å². The first-order valence-corrected chi connectivity index (χ1v) is 6.80. The summed E-state index contributed by atoms with van der Waals surface area (Å²) < 4.78 is 4.64. The van der Waals surface area contributed by atoms with Gasteiger partial charge in [0.05, 0.1) is 18.0 Å². The summed E-state index contributed by atoms with van der Waals surface area (Å²) in [6, 6.07) is 5.87. The highest BCUT2D eigenvalue weighted by molar-refractivity contribution is 5.85. The van der Waals surface area contributed by atoms with Gasteiger partial charge in [0.1, 0.15) is 5.58 Å². The predicted molar refractivity (Wildman–Crippen MR) is 74.1 cm³/mol. The Morgan fingerprint density at radius 2 is 1.81 bits per heavy atom. The van der Waals surface area contributed by atoms with E-state index < -0.39 is 22.0 Å². The van der Waals surface area contributed by atoms with E-state index >= 15 is 0 Å². The molecular formula is C14H16N2O5. The zero-order chi connectivity index (χ0) is 15.2. The summed E-state index contributed by atoms with van der Waals surface area (Å²) in [6.45, 7) is 2.75. The molecule has 112 valence electrons. The molecule has 2 heterocycles. The van der Waals surface area contributed by atoms with Crippen molar-refractivity contribution in [1.82, 2.24) is 0 Å². The van der Waals surface area contributed by atoms with Crippen LogP contribution in [-0.2, 0) is 0 Å². The van der Waals surface area contributed by atoms with Gasteiger partial charge in [-0.2, -0.15) is 0 Å². The van der Waals surface area contributed by atoms with Gasteiger partial charge in [-0.3, -0.25) is 10.1 Å². The van der Waals surface area contributed by atoms with Crippen molar-refractivity contribution in [2.75, 3.05) is 13.1 Å². The number of rotatable bonds is 1. The molecule has 7 nitrogen and oxygen atoms in total. The number of piperidine rings is 1. The fourth-order valence-electron chi connectivity index (χ4n) is 2.17. The topological polar surface area (TPSA) is 113 Å². The zero-order valence-electron chi connectivity index (χ0n) is 11.4. The second-order valence-electron chi connectivity index (χ2n) is 4.75. The first kappa shape index (κ1) is 15.0. The molecule has 21 heavy (non-hydrogen) atoms. The lowest BCUT2D eigenvalue weighted by Gasteiger charge is -2.07. The summed E-state index contributed by atoms with van der Waals surface area (Å²) in [4.78, 5) is 20.5. The van der Waals surface area contributed by atoms with Gasteiger partial charge in [-0.15, -0.1) is 0 Å². The second kappa shape index (κ2) is 6.85. The first-order valence-electron chi connectivity index (χ1n) is 6.80. The van der Waals surface area contributed by atoms with Gasteiger partial charge in [-0.05, 0) is 31.1 Å². The third-order valence-corrected chi connectivity index (χ3v) is 3.24. The van der Waals surface area contributed by atoms with E-state index in [4.69, 9.17) is 0 Å². The Hall–Kier alpha value is -2.41. The molecule has 0 radical (unpaired) electrons. The zero-order valence-corrected chi connectivity index (χ0v) is 11.4. The number of hydrogen-bond donors (Lipinski definition) is 1. The third-order valence-electron chi connectivity index (χ3n) is 3.24. The number of nitrogens with two attached hydrogens (primary N) is 1. The van der Waals surface area contributed by atoms with Gasteiger partial charge >= 0.3 is 11.3 Å². The van der Waals surface area contributed by atoms with Crippen LogP contribution in [0.3, 0.4) is 0 Å². The van der Waals surface area contributed by atoms with Crippen molar-refractivity contribution < 1.29 is 19.8 Å². The lowest BCUT2D eigenvalue weighted by Crippen LogP contribution is -2.85. The molecule has 0 bridgehead atoms. The van der Waals surface area contributed by atoms with Gasteiger partial charge in [0.25, 0.3) is 0 Å². The number of para-hydroxylation sites is 1. The van der Waals surface area contributed by atoms with Crippen LogP contribution in [0.1, 0.15) is 19.3 Å². The minimum atomic E-state index is -1.22. The molecule has 1 aromatic carbocycles. The summed E-state index contributed by atoms with van der Waals surface area (Å²) in [5.41, 5.74) is -2.21. The Labute approximate surface area is 120 Å². The van der Waals surface area contributed by atoms with E-state index in [1.54, 1.807) is 6.07 Å². The highest BCUT2D eigenvalue weighted by Gasteiger charge is 2.17. The standard InChI is InChI=1S/C9H5NO5.C5H11N/c11-8-5-3-1-2-4-6(5)15-9(12)7(8)10(13)14;1-2-4-6-5-3-1/h1-4,11H;6H,1-5H2. The van der Waals surface area contributed by atoms with E-state index in [0.29, 0.717) is 0 Å². The van der Waals surface area contributed by atoms with Crippen molar-refractivity contribution in [1.29, 1.82) is 0 Å². The maximum atomic E-state index is 11.5. The predicted octanol–water partition coefficient (Wildman–Crippen LogP) is 0.508. The molecule has 0 amide bonds. The van der Waals surface area contributed by atoms with Gasteiger partial charge in [-0.25, -0.2) is 4.79 Å². The number of hydrogen-bond acceptors (Lipinski definition) is 5. The third kappa shape index (κ3) is 3.57. The van der Waals surface area contributed by atoms with E-state index in [1.165, 1.54) is 50.6 Å². The SMILES string of the molecule is C1CC[NH2+]CC1.O=c1oc2ccccc2c([O-])c1[N+](=O)[O-]. The van der Waals surface area contributed by atoms with Gasteiger partial charge in [-0.1, -0.05) is 18.2 Å². The molecule has 2 N–H and O–H groups in total. The quantitative estimate of drug-likeness (QED) is 0.467. The molecule has 0 aliphatic carbocycles. The molecule has 0 spiro atoms. The number of nitrogens with zero attached hydrogens (tertiary/aromatic N) is 1. The summed E-state index contributed by atoms with van der Waals surface area (Å²) in [7, 11) is 0. The van der Waals surface area contributed by atoms with Gasteiger partial charge in [0.2, 0.25) is 0 Å².